The van der Waals surface area contributed by atoms with E-state index in [0.717, 1.165) is 0 Å². The fraction of sp³-hybridized carbons (Fsp3) is 0.400. The van der Waals surface area contributed by atoms with Gasteiger partial charge in [0.15, 0.2) is 23.9 Å². The number of ether oxygens (including phenoxy) is 5. The van der Waals surface area contributed by atoms with Gasteiger partial charge in [0.05, 0.1) is 13.7 Å². The molecule has 0 N–H and O–H groups in total. The van der Waals surface area contributed by atoms with Crippen LogP contribution in [-0.4, -0.2) is 43.8 Å². The first kappa shape index (κ1) is 18.0. The lowest BCUT2D eigenvalue weighted by Crippen LogP contribution is -2.28. The number of esters is 1. The Labute approximate surface area is 142 Å². The maximum absolute atomic E-state index is 12.1. The third-order valence-electron chi connectivity index (χ3n) is 3.28. The first-order valence-electron chi connectivity index (χ1n) is 6.90. The van der Waals surface area contributed by atoms with Crippen molar-refractivity contribution in [1.82, 2.24) is 0 Å². The number of benzene rings is 1. The predicted molar refractivity (Wildman–Crippen MR) is 80.4 cm³/mol. The van der Waals surface area contributed by atoms with E-state index >= 15 is 0 Å². The van der Waals surface area contributed by atoms with Gasteiger partial charge in [-0.1, -0.05) is 0 Å². The molecule has 1 unspecified atom stereocenters. The molecule has 8 nitrogen and oxygen atoms in total. The van der Waals surface area contributed by atoms with E-state index in [1.165, 1.54) is 7.11 Å². The summed E-state index contributed by atoms with van der Waals surface area (Å²) in [5, 5.41) is 0. The molecule has 0 saturated carbocycles. The highest BCUT2D eigenvalue weighted by molar-refractivity contribution is 6.61. The summed E-state index contributed by atoms with van der Waals surface area (Å²) in [5.41, 5.74) is -0.140. The summed E-state index contributed by atoms with van der Waals surface area (Å²) in [7, 11) is 1.43. The van der Waals surface area contributed by atoms with Crippen molar-refractivity contribution in [3.8, 4) is 11.5 Å². The summed E-state index contributed by atoms with van der Waals surface area (Å²) in [5.74, 6) is -0.398. The lowest BCUT2D eigenvalue weighted by atomic mass is 9.97. The van der Waals surface area contributed by atoms with E-state index < -0.39 is 30.9 Å². The van der Waals surface area contributed by atoms with Crippen molar-refractivity contribution in [2.45, 2.75) is 19.6 Å². The summed E-state index contributed by atoms with van der Waals surface area (Å²) in [4.78, 5) is 34.1. The summed E-state index contributed by atoms with van der Waals surface area (Å²) < 4.78 is 24.9. The monoisotopic (exact) mass is 358 g/mol. The number of carbonyl (C=O) groups excluding carboxylic acids is 3. The largest absolute Gasteiger partial charge is 0.493 e. The molecule has 0 aromatic heterocycles. The second-order valence-corrected chi connectivity index (χ2v) is 5.05. The average Bonchev–Trinajstić information content (AvgIpc) is 2.55. The van der Waals surface area contributed by atoms with E-state index in [4.69, 9.17) is 25.8 Å². The zero-order chi connectivity index (χ0) is 17.7. The Morgan fingerprint density at radius 2 is 2.08 bits per heavy atom. The zero-order valence-corrected chi connectivity index (χ0v) is 13.8. The number of fused-ring (bicyclic) bond motifs is 1. The maximum Gasteiger partial charge on any atom is 0.406 e. The highest BCUT2D eigenvalue weighted by atomic mass is 35.5. The number of Topliss-reactive ketones (excluding diaryl/α,β-unsaturated/α-hetero) is 1. The molecule has 0 bridgehead atoms. The van der Waals surface area contributed by atoms with Crippen LogP contribution in [0, 0.1) is 0 Å². The van der Waals surface area contributed by atoms with Crippen molar-refractivity contribution < 1.29 is 38.1 Å². The molecular weight excluding hydrogens is 344 g/mol. The zero-order valence-electron chi connectivity index (χ0n) is 13.0. The summed E-state index contributed by atoms with van der Waals surface area (Å²) >= 11 is 4.93. The maximum atomic E-state index is 12.1. The number of hydrogen-bond donors (Lipinski definition) is 0. The summed E-state index contributed by atoms with van der Waals surface area (Å²) in [6.07, 6.45) is -0.547. The van der Waals surface area contributed by atoms with E-state index in [1.54, 1.807) is 19.1 Å². The molecule has 24 heavy (non-hydrogen) atoms. The van der Waals surface area contributed by atoms with E-state index in [9.17, 15) is 14.4 Å². The van der Waals surface area contributed by atoms with Gasteiger partial charge in [0.1, 0.15) is 6.10 Å². The standard InChI is InChI=1S/C15H15ClO8/c1-8-13(18)9-3-4-11(20-2)14(10(9)5-21-8)22-6-12(17)23-7-24-15(16)19/h3-4,8H,5-7H2,1-2H3. The van der Waals surface area contributed by atoms with Crippen molar-refractivity contribution in [1.29, 1.82) is 0 Å². The van der Waals surface area contributed by atoms with Crippen LogP contribution in [0.4, 0.5) is 4.79 Å². The molecular formula is C15H15ClO8. The number of carbonyl (C=O) groups is 3. The predicted octanol–water partition coefficient (Wildman–Crippen LogP) is 2.05. The second kappa shape index (κ2) is 7.98. The lowest BCUT2D eigenvalue weighted by molar-refractivity contribution is -0.153. The van der Waals surface area contributed by atoms with Crippen molar-refractivity contribution in [2.24, 2.45) is 0 Å². The van der Waals surface area contributed by atoms with Crippen molar-refractivity contribution in [3.05, 3.63) is 23.3 Å². The Hall–Kier alpha value is -2.32. The molecule has 0 spiro atoms. The molecule has 1 aromatic carbocycles. The Morgan fingerprint density at radius 1 is 1.33 bits per heavy atom. The number of methoxy groups -OCH3 is 1. The first-order chi connectivity index (χ1) is 11.4. The minimum absolute atomic E-state index is 0.147. The Kier molecular flexibility index (Phi) is 5.99. The highest BCUT2D eigenvalue weighted by Gasteiger charge is 2.29. The SMILES string of the molecule is COc1ccc2c(c1OCC(=O)OCOC(=O)Cl)COC(C)C2=O. The third-order valence-corrected chi connectivity index (χ3v) is 3.39. The van der Waals surface area contributed by atoms with Gasteiger partial charge in [0.25, 0.3) is 0 Å². The molecule has 130 valence electrons. The van der Waals surface area contributed by atoms with Gasteiger partial charge in [-0.3, -0.25) is 4.79 Å². The van der Waals surface area contributed by atoms with Gasteiger partial charge in [0.2, 0.25) is 6.79 Å². The first-order valence-corrected chi connectivity index (χ1v) is 7.28. The number of hydrogen-bond acceptors (Lipinski definition) is 8. The van der Waals surface area contributed by atoms with E-state index in [0.29, 0.717) is 16.9 Å². The average molecular weight is 359 g/mol. The normalized spacial score (nSPS) is 16.1. The van der Waals surface area contributed by atoms with Gasteiger partial charge >= 0.3 is 11.4 Å². The molecule has 0 saturated heterocycles. The van der Waals surface area contributed by atoms with Crippen molar-refractivity contribution in [2.75, 3.05) is 20.5 Å². The fourth-order valence-corrected chi connectivity index (χ4v) is 2.16. The Bertz CT molecular complexity index is 657. The van der Waals surface area contributed by atoms with Crippen LogP contribution in [0.25, 0.3) is 0 Å². The third kappa shape index (κ3) is 4.15. The molecule has 0 amide bonds. The van der Waals surface area contributed by atoms with Gasteiger partial charge < -0.3 is 23.7 Å². The number of rotatable bonds is 6. The smallest absolute Gasteiger partial charge is 0.406 e. The van der Waals surface area contributed by atoms with Crippen LogP contribution in [0.3, 0.4) is 0 Å². The van der Waals surface area contributed by atoms with Crippen LogP contribution < -0.4 is 9.47 Å². The van der Waals surface area contributed by atoms with Crippen molar-refractivity contribution in [3.63, 3.8) is 0 Å². The highest BCUT2D eigenvalue weighted by Crippen LogP contribution is 2.37. The molecule has 1 aliphatic rings. The lowest BCUT2D eigenvalue weighted by Gasteiger charge is -2.24. The molecule has 0 radical (unpaired) electrons. The molecule has 1 heterocycles. The molecule has 0 aliphatic carbocycles. The Morgan fingerprint density at radius 3 is 2.75 bits per heavy atom. The van der Waals surface area contributed by atoms with Crippen LogP contribution in [0.2, 0.25) is 0 Å². The van der Waals surface area contributed by atoms with E-state index in [2.05, 4.69) is 9.47 Å². The van der Waals surface area contributed by atoms with Gasteiger partial charge in [-0.05, 0) is 19.1 Å². The molecule has 9 heteroatoms. The van der Waals surface area contributed by atoms with Crippen LogP contribution in [-0.2, 0) is 25.6 Å². The minimum atomic E-state index is -1.09. The van der Waals surface area contributed by atoms with Crippen LogP contribution >= 0.6 is 11.6 Å². The molecule has 1 aliphatic heterocycles. The van der Waals surface area contributed by atoms with Gasteiger partial charge in [-0.2, -0.15) is 0 Å². The topological polar surface area (TPSA) is 97.4 Å². The van der Waals surface area contributed by atoms with Gasteiger partial charge in [0, 0.05) is 22.7 Å². The quantitative estimate of drug-likeness (QED) is 0.433. The van der Waals surface area contributed by atoms with Crippen LogP contribution in [0.15, 0.2) is 12.1 Å². The summed E-state index contributed by atoms with van der Waals surface area (Å²) in [6.45, 7) is 0.712. The van der Waals surface area contributed by atoms with Crippen molar-refractivity contribution >= 4 is 28.8 Å². The van der Waals surface area contributed by atoms with E-state index in [1.807, 2.05) is 0 Å². The van der Waals surface area contributed by atoms with Gasteiger partial charge in [-0.25, -0.2) is 9.59 Å². The second-order valence-electron chi connectivity index (χ2n) is 4.75. The van der Waals surface area contributed by atoms with Gasteiger partial charge in [-0.15, -0.1) is 0 Å². The molecule has 1 aromatic rings. The molecule has 0 fully saturated rings. The minimum Gasteiger partial charge on any atom is -0.493 e. The fourth-order valence-electron chi connectivity index (χ4n) is 2.12. The molecule has 2 rings (SSSR count). The number of halogens is 1. The van der Waals surface area contributed by atoms with E-state index in [-0.39, 0.29) is 18.1 Å². The Balaban J connectivity index is 2.10. The molecule has 1 atom stereocenters. The number of ketones is 1. The van der Waals surface area contributed by atoms with Crippen LogP contribution in [0.5, 0.6) is 11.5 Å². The van der Waals surface area contributed by atoms with Crippen LogP contribution in [0.1, 0.15) is 22.8 Å². The summed E-state index contributed by atoms with van der Waals surface area (Å²) in [6, 6.07) is 3.20.